The Hall–Kier alpha value is -2.68. The van der Waals surface area contributed by atoms with E-state index in [2.05, 4.69) is 21.2 Å². The SMILES string of the molecule is CCOc1ccc(S(=O)(=O)N(CC(=O)NC(C)c2ccc(Br)cc2)Cc2ccccc2)cc1. The third-order valence-corrected chi connectivity index (χ3v) is 7.38. The van der Waals surface area contributed by atoms with Crippen LogP contribution in [0.1, 0.15) is 31.0 Å². The molecular weight excluding hydrogens is 504 g/mol. The molecular formula is C25H27BrN2O4S. The van der Waals surface area contributed by atoms with E-state index in [1.165, 1.54) is 16.4 Å². The molecule has 8 heteroatoms. The first-order valence-electron chi connectivity index (χ1n) is 10.6. The van der Waals surface area contributed by atoms with Gasteiger partial charge in [0.15, 0.2) is 0 Å². The molecule has 0 aliphatic carbocycles. The van der Waals surface area contributed by atoms with Gasteiger partial charge in [-0.15, -0.1) is 0 Å². The lowest BCUT2D eigenvalue weighted by Gasteiger charge is -2.23. The highest BCUT2D eigenvalue weighted by molar-refractivity contribution is 9.10. The van der Waals surface area contributed by atoms with Crippen LogP contribution in [0.2, 0.25) is 0 Å². The highest BCUT2D eigenvalue weighted by Crippen LogP contribution is 2.22. The number of hydrogen-bond acceptors (Lipinski definition) is 4. The number of carbonyl (C=O) groups is 1. The quantitative estimate of drug-likeness (QED) is 0.403. The first-order chi connectivity index (χ1) is 15.8. The number of nitrogens with one attached hydrogen (secondary N) is 1. The van der Waals surface area contributed by atoms with E-state index in [0.717, 1.165) is 15.6 Å². The van der Waals surface area contributed by atoms with Gasteiger partial charge in [-0.2, -0.15) is 4.31 Å². The van der Waals surface area contributed by atoms with Crippen molar-refractivity contribution in [2.45, 2.75) is 31.3 Å². The van der Waals surface area contributed by atoms with E-state index >= 15 is 0 Å². The van der Waals surface area contributed by atoms with Crippen LogP contribution >= 0.6 is 15.9 Å². The van der Waals surface area contributed by atoms with E-state index in [4.69, 9.17) is 4.74 Å². The zero-order valence-corrected chi connectivity index (χ0v) is 21.0. The number of sulfonamides is 1. The van der Waals surface area contributed by atoms with E-state index in [-0.39, 0.29) is 29.9 Å². The second-order valence-electron chi connectivity index (χ2n) is 7.50. The van der Waals surface area contributed by atoms with Crippen LogP contribution in [0, 0.1) is 0 Å². The Kier molecular flexibility index (Phi) is 8.66. The minimum atomic E-state index is -3.92. The van der Waals surface area contributed by atoms with Gasteiger partial charge in [0.25, 0.3) is 0 Å². The highest BCUT2D eigenvalue weighted by Gasteiger charge is 2.27. The number of nitrogens with zero attached hydrogens (tertiary/aromatic N) is 1. The van der Waals surface area contributed by atoms with Gasteiger partial charge in [-0.05, 0) is 61.4 Å². The molecule has 33 heavy (non-hydrogen) atoms. The molecule has 0 saturated heterocycles. The Morgan fingerprint density at radius 3 is 2.24 bits per heavy atom. The van der Waals surface area contributed by atoms with Gasteiger partial charge >= 0.3 is 0 Å². The van der Waals surface area contributed by atoms with E-state index in [9.17, 15) is 13.2 Å². The fraction of sp³-hybridized carbons (Fsp3) is 0.240. The maximum Gasteiger partial charge on any atom is 0.243 e. The molecule has 3 rings (SSSR count). The molecule has 1 unspecified atom stereocenters. The molecule has 0 saturated carbocycles. The lowest BCUT2D eigenvalue weighted by atomic mass is 10.1. The van der Waals surface area contributed by atoms with Gasteiger partial charge in [-0.3, -0.25) is 4.79 Å². The lowest BCUT2D eigenvalue weighted by molar-refractivity contribution is -0.122. The lowest BCUT2D eigenvalue weighted by Crippen LogP contribution is -2.41. The summed E-state index contributed by atoms with van der Waals surface area (Å²) in [4.78, 5) is 13.0. The van der Waals surface area contributed by atoms with Crippen molar-refractivity contribution in [1.82, 2.24) is 9.62 Å². The molecule has 6 nitrogen and oxygen atoms in total. The second kappa shape index (κ2) is 11.4. The standard InChI is InChI=1S/C25H27BrN2O4S/c1-3-32-23-13-15-24(16-14-23)33(30,31)28(17-20-7-5-4-6-8-20)18-25(29)27-19(2)21-9-11-22(26)12-10-21/h4-16,19H,3,17-18H2,1-2H3,(H,27,29). The van der Waals surface area contributed by atoms with Crippen molar-refractivity contribution < 1.29 is 17.9 Å². The van der Waals surface area contributed by atoms with Crippen molar-refractivity contribution in [2.75, 3.05) is 13.2 Å². The van der Waals surface area contributed by atoms with Crippen LogP contribution in [-0.4, -0.2) is 31.8 Å². The minimum absolute atomic E-state index is 0.0798. The first-order valence-corrected chi connectivity index (χ1v) is 12.8. The number of carbonyl (C=O) groups excluding carboxylic acids is 1. The molecule has 0 spiro atoms. The zero-order chi connectivity index (χ0) is 23.8. The highest BCUT2D eigenvalue weighted by atomic mass is 79.9. The van der Waals surface area contributed by atoms with Crippen LogP contribution < -0.4 is 10.1 Å². The van der Waals surface area contributed by atoms with Crippen molar-refractivity contribution in [2.24, 2.45) is 0 Å². The van der Waals surface area contributed by atoms with Gasteiger partial charge in [0.05, 0.1) is 24.1 Å². The summed E-state index contributed by atoms with van der Waals surface area (Å²) >= 11 is 3.40. The summed E-state index contributed by atoms with van der Waals surface area (Å²) in [6.45, 7) is 3.99. The van der Waals surface area contributed by atoms with E-state index in [0.29, 0.717) is 12.4 Å². The van der Waals surface area contributed by atoms with Crippen molar-refractivity contribution in [3.63, 3.8) is 0 Å². The maximum atomic E-state index is 13.4. The molecule has 1 amide bonds. The molecule has 0 bridgehead atoms. The number of rotatable bonds is 10. The average molecular weight is 531 g/mol. The average Bonchev–Trinajstić information content (AvgIpc) is 2.80. The number of benzene rings is 3. The number of ether oxygens (including phenoxy) is 1. The molecule has 3 aromatic carbocycles. The number of amides is 1. The van der Waals surface area contributed by atoms with Crippen LogP contribution in [0.5, 0.6) is 5.75 Å². The van der Waals surface area contributed by atoms with Gasteiger partial charge in [-0.25, -0.2) is 8.42 Å². The van der Waals surface area contributed by atoms with Crippen molar-refractivity contribution in [3.05, 3.63) is 94.5 Å². The second-order valence-corrected chi connectivity index (χ2v) is 10.4. The summed E-state index contributed by atoms with van der Waals surface area (Å²) < 4.78 is 34.4. The molecule has 0 aromatic heterocycles. The first kappa shape index (κ1) is 25.0. The van der Waals surface area contributed by atoms with Crippen LogP contribution in [0.25, 0.3) is 0 Å². The molecule has 1 N–H and O–H groups in total. The Bertz CT molecular complexity index is 1150. The Labute approximate surface area is 203 Å². The summed E-state index contributed by atoms with van der Waals surface area (Å²) in [5, 5.41) is 2.90. The number of halogens is 1. The van der Waals surface area contributed by atoms with E-state index in [1.807, 2.05) is 68.4 Å². The maximum absolute atomic E-state index is 13.4. The minimum Gasteiger partial charge on any atom is -0.494 e. The van der Waals surface area contributed by atoms with Crippen molar-refractivity contribution in [3.8, 4) is 5.75 Å². The number of hydrogen-bond donors (Lipinski definition) is 1. The van der Waals surface area contributed by atoms with Crippen LogP contribution in [-0.2, 0) is 21.4 Å². The summed E-state index contributed by atoms with van der Waals surface area (Å²) in [6.07, 6.45) is 0. The molecule has 1 atom stereocenters. The largest absolute Gasteiger partial charge is 0.494 e. The van der Waals surface area contributed by atoms with E-state index in [1.54, 1.807) is 12.1 Å². The monoisotopic (exact) mass is 530 g/mol. The third kappa shape index (κ3) is 6.90. The summed E-state index contributed by atoms with van der Waals surface area (Å²) in [5.74, 6) is 0.211. The van der Waals surface area contributed by atoms with Gasteiger partial charge in [0.1, 0.15) is 5.75 Å². The topological polar surface area (TPSA) is 75.7 Å². The molecule has 0 aliphatic heterocycles. The Morgan fingerprint density at radius 2 is 1.64 bits per heavy atom. The molecule has 0 aliphatic rings. The van der Waals surface area contributed by atoms with Crippen molar-refractivity contribution in [1.29, 1.82) is 0 Å². The molecule has 0 heterocycles. The van der Waals surface area contributed by atoms with Crippen molar-refractivity contribution >= 4 is 31.9 Å². The molecule has 0 fully saturated rings. The molecule has 174 valence electrons. The summed E-state index contributed by atoms with van der Waals surface area (Å²) in [5.41, 5.74) is 1.72. The summed E-state index contributed by atoms with van der Waals surface area (Å²) in [7, 11) is -3.92. The summed E-state index contributed by atoms with van der Waals surface area (Å²) in [6, 6.07) is 22.8. The molecule has 0 radical (unpaired) electrons. The third-order valence-electron chi connectivity index (χ3n) is 5.04. The van der Waals surface area contributed by atoms with Crippen LogP contribution in [0.3, 0.4) is 0 Å². The van der Waals surface area contributed by atoms with Crippen LogP contribution in [0.15, 0.2) is 88.2 Å². The fourth-order valence-corrected chi connectivity index (χ4v) is 4.97. The predicted molar refractivity (Wildman–Crippen MR) is 132 cm³/mol. The fourth-order valence-electron chi connectivity index (χ4n) is 3.32. The Morgan fingerprint density at radius 1 is 1.00 bits per heavy atom. The van der Waals surface area contributed by atoms with Gasteiger partial charge in [0.2, 0.25) is 15.9 Å². The normalized spacial score (nSPS) is 12.4. The zero-order valence-electron chi connectivity index (χ0n) is 18.6. The predicted octanol–water partition coefficient (Wildman–Crippen LogP) is 4.92. The van der Waals surface area contributed by atoms with Gasteiger partial charge in [-0.1, -0.05) is 58.4 Å². The van der Waals surface area contributed by atoms with E-state index < -0.39 is 10.0 Å². The smallest absolute Gasteiger partial charge is 0.243 e. The van der Waals surface area contributed by atoms with Gasteiger partial charge in [0, 0.05) is 11.0 Å². The van der Waals surface area contributed by atoms with Crippen LogP contribution in [0.4, 0.5) is 0 Å². The molecule has 3 aromatic rings. The Balaban J connectivity index is 1.81. The van der Waals surface area contributed by atoms with Gasteiger partial charge < -0.3 is 10.1 Å².